The number of rotatable bonds is 2. The molecule has 0 spiro atoms. The second kappa shape index (κ2) is 3.77. The monoisotopic (exact) mass is 202 g/mol. The van der Waals surface area contributed by atoms with Gasteiger partial charge in [-0.1, -0.05) is 30.3 Å². The van der Waals surface area contributed by atoms with E-state index in [1.54, 1.807) is 6.07 Å². The fourth-order valence-electron chi connectivity index (χ4n) is 1.64. The highest BCUT2D eigenvalue weighted by Crippen LogP contribution is 2.19. The Morgan fingerprint density at radius 3 is 2.47 bits per heavy atom. The Hall–Kier alpha value is -1.77. The smallest absolute Gasteiger partial charge is 0.264 e. The zero-order valence-corrected chi connectivity index (χ0v) is 8.90. The van der Waals surface area contributed by atoms with Gasteiger partial charge in [0, 0.05) is 12.1 Å². The maximum absolute atomic E-state index is 11.3. The van der Waals surface area contributed by atoms with Crippen LogP contribution in [0, 0.1) is 0 Å². The summed E-state index contributed by atoms with van der Waals surface area (Å²) in [7, 11) is 0. The molecule has 0 aliphatic rings. The van der Waals surface area contributed by atoms with Crippen LogP contribution in [-0.4, -0.2) is 9.78 Å². The predicted octanol–water partition coefficient (Wildman–Crippen LogP) is 2.42. The Kier molecular flexibility index (Phi) is 2.46. The molecule has 0 amide bonds. The Morgan fingerprint density at radius 2 is 1.87 bits per heavy atom. The first-order chi connectivity index (χ1) is 7.18. The van der Waals surface area contributed by atoms with E-state index in [-0.39, 0.29) is 11.6 Å². The molecule has 1 N–H and O–H groups in total. The summed E-state index contributed by atoms with van der Waals surface area (Å²) in [4.78, 5) is 11.3. The van der Waals surface area contributed by atoms with Gasteiger partial charge in [-0.25, -0.2) is 0 Å². The number of aromatic nitrogens is 2. The number of nitrogens with zero attached hydrogens (tertiary/aromatic N) is 1. The lowest BCUT2D eigenvalue weighted by atomic mass is 10.1. The van der Waals surface area contributed by atoms with Gasteiger partial charge in [-0.3, -0.25) is 14.6 Å². The van der Waals surface area contributed by atoms with Crippen molar-refractivity contribution in [1.29, 1.82) is 0 Å². The maximum Gasteiger partial charge on any atom is 0.264 e. The summed E-state index contributed by atoms with van der Waals surface area (Å²) in [5.74, 6) is 0. The molecule has 2 rings (SSSR count). The number of nitrogens with one attached hydrogen (secondary N) is 1. The van der Waals surface area contributed by atoms with Crippen LogP contribution in [0.2, 0.25) is 0 Å². The lowest BCUT2D eigenvalue weighted by Gasteiger charge is -2.11. The molecular formula is C12H14N2O. The van der Waals surface area contributed by atoms with Crippen LogP contribution < -0.4 is 5.56 Å². The fraction of sp³-hybridized carbons (Fsp3) is 0.250. The van der Waals surface area contributed by atoms with Crippen LogP contribution in [0.15, 0.2) is 41.2 Å². The minimum absolute atomic E-state index is 0.0532. The minimum atomic E-state index is -0.0532. The van der Waals surface area contributed by atoms with Crippen molar-refractivity contribution in [2.24, 2.45) is 0 Å². The van der Waals surface area contributed by atoms with E-state index in [1.807, 2.05) is 48.9 Å². The molecule has 0 unspecified atom stereocenters. The number of hydrogen-bond donors (Lipinski definition) is 1. The van der Waals surface area contributed by atoms with E-state index >= 15 is 0 Å². The molecule has 0 fully saturated rings. The zero-order chi connectivity index (χ0) is 10.8. The first kappa shape index (κ1) is 9.77. The van der Waals surface area contributed by atoms with Crippen molar-refractivity contribution in [2.75, 3.05) is 0 Å². The molecule has 15 heavy (non-hydrogen) atoms. The van der Waals surface area contributed by atoms with Gasteiger partial charge in [-0.15, -0.1) is 0 Å². The van der Waals surface area contributed by atoms with Crippen molar-refractivity contribution in [3.05, 3.63) is 46.8 Å². The fourth-order valence-corrected chi connectivity index (χ4v) is 1.64. The van der Waals surface area contributed by atoms with Gasteiger partial charge >= 0.3 is 0 Å². The predicted molar refractivity (Wildman–Crippen MR) is 60.9 cm³/mol. The maximum atomic E-state index is 11.3. The molecule has 0 bridgehead atoms. The average Bonchev–Trinajstić information content (AvgIpc) is 2.62. The van der Waals surface area contributed by atoms with E-state index < -0.39 is 0 Å². The van der Waals surface area contributed by atoms with Gasteiger partial charge in [0.2, 0.25) is 0 Å². The van der Waals surface area contributed by atoms with Crippen molar-refractivity contribution in [3.8, 4) is 11.3 Å². The topological polar surface area (TPSA) is 37.8 Å². The highest BCUT2D eigenvalue weighted by atomic mass is 16.1. The highest BCUT2D eigenvalue weighted by Gasteiger charge is 2.08. The van der Waals surface area contributed by atoms with Gasteiger partial charge in [0.1, 0.15) is 0 Å². The molecule has 1 aromatic carbocycles. The number of benzene rings is 1. The van der Waals surface area contributed by atoms with Gasteiger partial charge < -0.3 is 0 Å². The van der Waals surface area contributed by atoms with Gasteiger partial charge in [0.15, 0.2) is 0 Å². The third-order valence-electron chi connectivity index (χ3n) is 2.34. The summed E-state index contributed by atoms with van der Waals surface area (Å²) < 4.78 is 1.89. The van der Waals surface area contributed by atoms with E-state index in [0.717, 1.165) is 11.3 Å². The molecule has 0 aliphatic carbocycles. The van der Waals surface area contributed by atoms with Gasteiger partial charge in [-0.05, 0) is 19.4 Å². The van der Waals surface area contributed by atoms with E-state index in [0.29, 0.717) is 0 Å². The van der Waals surface area contributed by atoms with E-state index in [9.17, 15) is 4.79 Å². The van der Waals surface area contributed by atoms with E-state index in [2.05, 4.69) is 5.10 Å². The van der Waals surface area contributed by atoms with Crippen LogP contribution in [0.1, 0.15) is 19.9 Å². The molecule has 2 aromatic rings. The molecule has 0 atom stereocenters. The molecule has 78 valence electrons. The van der Waals surface area contributed by atoms with Crippen LogP contribution in [-0.2, 0) is 0 Å². The molecule has 3 heteroatoms. The Labute approximate surface area is 88.4 Å². The Balaban J connectivity index is 2.58. The van der Waals surface area contributed by atoms with E-state index in [4.69, 9.17) is 0 Å². The molecule has 0 radical (unpaired) electrons. The largest absolute Gasteiger partial charge is 0.282 e. The van der Waals surface area contributed by atoms with Crippen LogP contribution >= 0.6 is 0 Å². The van der Waals surface area contributed by atoms with Crippen LogP contribution in [0.4, 0.5) is 0 Å². The van der Waals surface area contributed by atoms with Crippen LogP contribution in [0.25, 0.3) is 11.3 Å². The third kappa shape index (κ3) is 1.86. The molecule has 0 saturated heterocycles. The first-order valence-electron chi connectivity index (χ1n) is 5.05. The minimum Gasteiger partial charge on any atom is -0.282 e. The number of H-pyrrole nitrogens is 1. The van der Waals surface area contributed by atoms with Crippen LogP contribution in [0.3, 0.4) is 0 Å². The second-order valence-corrected chi connectivity index (χ2v) is 3.84. The molecule has 1 heterocycles. The summed E-state index contributed by atoms with van der Waals surface area (Å²) in [6, 6.07) is 11.8. The first-order valence-corrected chi connectivity index (χ1v) is 5.05. The van der Waals surface area contributed by atoms with Crippen molar-refractivity contribution >= 4 is 0 Å². The summed E-state index contributed by atoms with van der Waals surface area (Å²) >= 11 is 0. The lowest BCUT2D eigenvalue weighted by molar-refractivity contribution is 0.534. The van der Waals surface area contributed by atoms with Gasteiger partial charge in [-0.2, -0.15) is 0 Å². The van der Waals surface area contributed by atoms with Gasteiger partial charge in [0.05, 0.1) is 5.69 Å². The Bertz CT molecular complexity index is 494. The molecule has 1 aromatic heterocycles. The quantitative estimate of drug-likeness (QED) is 0.798. The van der Waals surface area contributed by atoms with Crippen molar-refractivity contribution in [2.45, 2.75) is 19.9 Å². The van der Waals surface area contributed by atoms with Crippen molar-refractivity contribution in [3.63, 3.8) is 0 Å². The summed E-state index contributed by atoms with van der Waals surface area (Å²) in [6.07, 6.45) is 0. The summed E-state index contributed by atoms with van der Waals surface area (Å²) in [5.41, 5.74) is 1.95. The normalized spacial score (nSPS) is 10.9. The van der Waals surface area contributed by atoms with E-state index in [1.165, 1.54) is 0 Å². The molecule has 0 saturated carbocycles. The highest BCUT2D eigenvalue weighted by molar-refractivity contribution is 5.58. The molecule has 3 nitrogen and oxygen atoms in total. The molecule has 0 aliphatic heterocycles. The lowest BCUT2D eigenvalue weighted by Crippen LogP contribution is -2.08. The standard InChI is InChI=1S/C12H14N2O/c1-9(2)14-11(8-12(15)13-14)10-6-4-3-5-7-10/h3-9H,1-2H3,(H,13,15). The second-order valence-electron chi connectivity index (χ2n) is 3.84. The van der Waals surface area contributed by atoms with Crippen LogP contribution in [0.5, 0.6) is 0 Å². The van der Waals surface area contributed by atoms with Gasteiger partial charge in [0.25, 0.3) is 5.56 Å². The summed E-state index contributed by atoms with van der Waals surface area (Å²) in [6.45, 7) is 4.09. The number of hydrogen-bond acceptors (Lipinski definition) is 1. The van der Waals surface area contributed by atoms with Crippen molar-refractivity contribution < 1.29 is 0 Å². The summed E-state index contributed by atoms with van der Waals surface area (Å²) in [5, 5.41) is 2.80. The average molecular weight is 202 g/mol. The number of aromatic amines is 1. The SMILES string of the molecule is CC(C)n1[nH]c(=O)cc1-c1ccccc1. The third-order valence-corrected chi connectivity index (χ3v) is 2.34. The zero-order valence-electron chi connectivity index (χ0n) is 8.90. The van der Waals surface area contributed by atoms with Crippen molar-refractivity contribution in [1.82, 2.24) is 9.78 Å². The Morgan fingerprint density at radius 1 is 1.20 bits per heavy atom. The molecular weight excluding hydrogens is 188 g/mol.